The maximum atomic E-state index is 14.5. The maximum Gasteiger partial charge on any atom is 0.254 e. The highest BCUT2D eigenvalue weighted by molar-refractivity contribution is 9.09. The second-order valence-corrected chi connectivity index (χ2v) is 6.89. The second kappa shape index (κ2) is 5.51. The van der Waals surface area contributed by atoms with Crippen molar-refractivity contribution in [1.29, 1.82) is 0 Å². The fourth-order valence-corrected chi connectivity index (χ4v) is 4.15. The van der Waals surface area contributed by atoms with Gasteiger partial charge in [-0.25, -0.2) is 8.78 Å². The molecule has 1 unspecified atom stereocenters. The van der Waals surface area contributed by atoms with Crippen LogP contribution in [0.15, 0.2) is 18.2 Å². The van der Waals surface area contributed by atoms with Crippen LogP contribution in [0, 0.1) is 5.82 Å². The number of nitrogens with zero attached hydrogens (tertiary/aromatic N) is 1. The van der Waals surface area contributed by atoms with Gasteiger partial charge < -0.3 is 4.90 Å². The fraction of sp³-hybridized carbons (Fsp3) is 0.533. The van der Waals surface area contributed by atoms with Crippen LogP contribution in [-0.4, -0.2) is 33.9 Å². The topological polar surface area (TPSA) is 20.3 Å². The van der Waals surface area contributed by atoms with Gasteiger partial charge in [-0.1, -0.05) is 27.5 Å². The Kier molecular flexibility index (Phi) is 3.99. The summed E-state index contributed by atoms with van der Waals surface area (Å²) in [5.74, 6) is -0.724. The molecule has 3 rings (SSSR count). The van der Waals surface area contributed by atoms with Crippen molar-refractivity contribution in [2.45, 2.75) is 43.4 Å². The van der Waals surface area contributed by atoms with E-state index in [-0.39, 0.29) is 23.0 Å². The van der Waals surface area contributed by atoms with E-state index in [2.05, 4.69) is 15.9 Å². The predicted octanol–water partition coefficient (Wildman–Crippen LogP) is 4.35. The molecule has 2 heterocycles. The SMILES string of the molecule is O=C(c1ccc(F)c(Cl)c1)N1[C@@H]2CC[C@H]1CC(F)(CBr)C2. The molecular weight excluding hydrogens is 364 g/mol. The van der Waals surface area contributed by atoms with E-state index in [0.717, 1.165) is 12.8 Å². The zero-order valence-electron chi connectivity index (χ0n) is 11.3. The van der Waals surface area contributed by atoms with Crippen molar-refractivity contribution in [2.24, 2.45) is 0 Å². The number of benzene rings is 1. The molecule has 2 bridgehead atoms. The minimum atomic E-state index is -1.23. The van der Waals surface area contributed by atoms with Crippen LogP contribution in [0.5, 0.6) is 0 Å². The van der Waals surface area contributed by atoms with Gasteiger partial charge in [-0.05, 0) is 31.0 Å². The van der Waals surface area contributed by atoms with Crippen LogP contribution in [0.2, 0.25) is 5.02 Å². The Morgan fingerprint density at radius 1 is 1.38 bits per heavy atom. The first-order valence-electron chi connectivity index (χ1n) is 6.96. The van der Waals surface area contributed by atoms with E-state index in [0.29, 0.717) is 23.7 Å². The van der Waals surface area contributed by atoms with Gasteiger partial charge in [0.25, 0.3) is 5.91 Å². The van der Waals surface area contributed by atoms with Gasteiger partial charge in [0.2, 0.25) is 0 Å². The number of piperidine rings is 1. The Labute approximate surface area is 135 Å². The standard InChI is InChI=1S/C15H15BrClF2NO/c16-8-15(19)6-10-2-3-11(7-15)20(10)14(21)9-1-4-13(18)12(17)5-9/h1,4-5,10-11H,2-3,6-8H2/t10-,11+,15?. The molecule has 0 spiro atoms. The molecule has 21 heavy (non-hydrogen) atoms. The molecule has 6 heteroatoms. The van der Waals surface area contributed by atoms with E-state index in [1.54, 1.807) is 4.90 Å². The quantitative estimate of drug-likeness (QED) is 0.701. The molecule has 0 aliphatic carbocycles. The van der Waals surface area contributed by atoms with Crippen LogP contribution in [0.3, 0.4) is 0 Å². The van der Waals surface area contributed by atoms with Gasteiger partial charge in [-0.15, -0.1) is 0 Å². The van der Waals surface area contributed by atoms with Crippen LogP contribution in [-0.2, 0) is 0 Å². The Hall–Kier alpha value is -0.680. The number of hydrogen-bond acceptors (Lipinski definition) is 1. The zero-order chi connectivity index (χ0) is 15.2. The third-order valence-corrected chi connectivity index (χ3v) is 5.76. The zero-order valence-corrected chi connectivity index (χ0v) is 13.6. The summed E-state index contributed by atoms with van der Waals surface area (Å²) in [4.78, 5) is 14.4. The van der Waals surface area contributed by atoms with E-state index >= 15 is 0 Å². The summed E-state index contributed by atoms with van der Waals surface area (Å²) in [6.07, 6.45) is 2.36. The number of halogens is 4. The lowest BCUT2D eigenvalue weighted by atomic mass is 9.89. The molecule has 114 valence electrons. The molecule has 2 saturated heterocycles. The largest absolute Gasteiger partial charge is 0.332 e. The summed E-state index contributed by atoms with van der Waals surface area (Å²) in [5, 5.41) is 0.239. The van der Waals surface area contributed by atoms with Crippen molar-refractivity contribution in [3.63, 3.8) is 0 Å². The van der Waals surface area contributed by atoms with Crippen LogP contribution in [0.4, 0.5) is 8.78 Å². The van der Waals surface area contributed by atoms with Gasteiger partial charge in [0.15, 0.2) is 0 Å². The van der Waals surface area contributed by atoms with Crippen LogP contribution >= 0.6 is 27.5 Å². The lowest BCUT2D eigenvalue weighted by Crippen LogP contribution is -2.52. The number of rotatable bonds is 2. The van der Waals surface area contributed by atoms with Crippen molar-refractivity contribution in [1.82, 2.24) is 4.90 Å². The van der Waals surface area contributed by atoms with Gasteiger partial charge in [0.1, 0.15) is 11.5 Å². The summed E-state index contributed by atoms with van der Waals surface area (Å²) < 4.78 is 27.7. The summed E-state index contributed by atoms with van der Waals surface area (Å²) in [5.41, 5.74) is -0.869. The third-order valence-electron chi connectivity index (χ3n) is 4.46. The van der Waals surface area contributed by atoms with Crippen molar-refractivity contribution < 1.29 is 13.6 Å². The van der Waals surface area contributed by atoms with Crippen LogP contribution < -0.4 is 0 Å². The highest BCUT2D eigenvalue weighted by atomic mass is 79.9. The molecule has 1 amide bonds. The smallest absolute Gasteiger partial charge is 0.254 e. The van der Waals surface area contributed by atoms with E-state index in [1.807, 2.05) is 0 Å². The maximum absolute atomic E-state index is 14.5. The second-order valence-electron chi connectivity index (χ2n) is 5.92. The summed E-state index contributed by atoms with van der Waals surface area (Å²) in [7, 11) is 0. The van der Waals surface area contributed by atoms with E-state index in [1.165, 1.54) is 18.2 Å². The average Bonchev–Trinajstić information content (AvgIpc) is 2.74. The summed E-state index contributed by atoms with van der Waals surface area (Å²) in [6, 6.07) is 3.81. The molecule has 2 aliphatic rings. The molecule has 2 fully saturated rings. The fourth-order valence-electron chi connectivity index (χ4n) is 3.51. The number of hydrogen-bond donors (Lipinski definition) is 0. The van der Waals surface area contributed by atoms with E-state index in [9.17, 15) is 13.6 Å². The molecule has 0 N–H and O–H groups in total. The first-order valence-corrected chi connectivity index (χ1v) is 8.46. The normalized spacial score (nSPS) is 31.5. The molecule has 0 saturated carbocycles. The van der Waals surface area contributed by atoms with Gasteiger partial charge in [0, 0.05) is 35.8 Å². The van der Waals surface area contributed by atoms with Gasteiger partial charge in [0.05, 0.1) is 5.02 Å². The summed E-state index contributed by atoms with van der Waals surface area (Å²) >= 11 is 8.97. The highest BCUT2D eigenvalue weighted by Gasteiger charge is 2.50. The number of carbonyl (C=O) groups is 1. The molecular formula is C15H15BrClF2NO. The molecule has 1 aromatic rings. The van der Waals surface area contributed by atoms with Crippen molar-refractivity contribution in [3.8, 4) is 0 Å². The predicted molar refractivity (Wildman–Crippen MR) is 81.3 cm³/mol. The Morgan fingerprint density at radius 3 is 2.52 bits per heavy atom. The van der Waals surface area contributed by atoms with E-state index in [4.69, 9.17) is 11.6 Å². The lowest BCUT2D eigenvalue weighted by molar-refractivity contribution is 0.0235. The number of carbonyl (C=O) groups excluding carboxylic acids is 1. The molecule has 0 aromatic heterocycles. The average molecular weight is 379 g/mol. The van der Waals surface area contributed by atoms with Gasteiger partial charge in [-0.2, -0.15) is 0 Å². The molecule has 2 nitrogen and oxygen atoms in total. The Balaban J connectivity index is 1.85. The van der Waals surface area contributed by atoms with Crippen molar-refractivity contribution in [3.05, 3.63) is 34.6 Å². The van der Waals surface area contributed by atoms with Crippen molar-refractivity contribution in [2.75, 3.05) is 5.33 Å². The van der Waals surface area contributed by atoms with Gasteiger partial charge in [-0.3, -0.25) is 4.79 Å². The van der Waals surface area contributed by atoms with Crippen molar-refractivity contribution >= 4 is 33.4 Å². The first-order chi connectivity index (χ1) is 9.93. The monoisotopic (exact) mass is 377 g/mol. The highest BCUT2D eigenvalue weighted by Crippen LogP contribution is 2.44. The van der Waals surface area contributed by atoms with Gasteiger partial charge >= 0.3 is 0 Å². The van der Waals surface area contributed by atoms with Crippen LogP contribution in [0.25, 0.3) is 0 Å². The Morgan fingerprint density at radius 2 is 2.00 bits per heavy atom. The minimum absolute atomic E-state index is 0.0643. The minimum Gasteiger partial charge on any atom is -0.332 e. The molecule has 1 aromatic carbocycles. The number of alkyl halides is 2. The van der Waals surface area contributed by atoms with E-state index < -0.39 is 11.5 Å². The summed E-state index contributed by atoms with van der Waals surface area (Å²) in [6.45, 7) is 0. The Bertz CT molecular complexity index is 569. The molecule has 2 aliphatic heterocycles. The number of amides is 1. The molecule has 0 radical (unpaired) electrons. The lowest BCUT2D eigenvalue weighted by Gasteiger charge is -2.41. The number of fused-ring (bicyclic) bond motifs is 2. The molecule has 3 atom stereocenters. The third kappa shape index (κ3) is 2.70. The van der Waals surface area contributed by atoms with Crippen LogP contribution in [0.1, 0.15) is 36.0 Å². The first kappa shape index (κ1) is 15.2.